The lowest BCUT2D eigenvalue weighted by atomic mass is 10.3. The fourth-order valence-corrected chi connectivity index (χ4v) is 1.97. The first-order valence-electron chi connectivity index (χ1n) is 3.02. The Bertz CT molecular complexity index is 350. The second-order valence-corrected chi connectivity index (χ2v) is 3.85. The largest absolute Gasteiger partial charge is 0.337 e. The quantitative estimate of drug-likeness (QED) is 0.413. The summed E-state index contributed by atoms with van der Waals surface area (Å²) in [5.74, 6) is 5.53. The molecule has 11 heavy (non-hydrogen) atoms. The van der Waals surface area contributed by atoms with Crippen LogP contribution < -0.4 is 5.84 Å². The lowest BCUT2D eigenvalue weighted by molar-refractivity contribution is 0.102. The van der Waals surface area contributed by atoms with Gasteiger partial charge in [-0.25, -0.2) is 4.68 Å². The second-order valence-electron chi connectivity index (χ2n) is 2.21. The predicted octanol–water partition coefficient (Wildman–Crippen LogP) is 1.50. The maximum Gasteiger partial charge on any atom is 0.180 e. The molecule has 0 aliphatic heterocycles. The number of rotatable bonds is 1. The highest BCUT2D eigenvalue weighted by molar-refractivity contribution is 7.73. The average Bonchev–Trinajstić information content (AvgIpc) is 2.17. The van der Waals surface area contributed by atoms with Crippen LogP contribution in [0.5, 0.6) is 0 Å². The average molecular weight is 188 g/mol. The highest BCUT2D eigenvalue weighted by atomic mass is 32.1. The van der Waals surface area contributed by atoms with Gasteiger partial charge in [-0.1, -0.05) is 11.3 Å². The van der Waals surface area contributed by atoms with E-state index in [9.17, 15) is 4.79 Å². The predicted molar refractivity (Wildman–Crippen MR) is 48.0 cm³/mol. The number of aromatic nitrogens is 1. The standard InChI is InChI=1S/C6H8N2OS2/c1-3-5(4(2)9)11-6(10)8(3)7/h7H2,1-2H3. The van der Waals surface area contributed by atoms with Crippen LogP contribution in [-0.4, -0.2) is 10.5 Å². The van der Waals surface area contributed by atoms with Crippen molar-refractivity contribution < 1.29 is 4.79 Å². The lowest BCUT2D eigenvalue weighted by Gasteiger charge is -1.94. The topological polar surface area (TPSA) is 48.0 Å². The molecule has 5 heteroatoms. The molecule has 1 aromatic heterocycles. The molecule has 0 saturated carbocycles. The fraction of sp³-hybridized carbons (Fsp3) is 0.333. The maximum absolute atomic E-state index is 10.9. The molecule has 0 aliphatic rings. The molecule has 3 nitrogen and oxygen atoms in total. The molecule has 1 aromatic rings. The van der Waals surface area contributed by atoms with Gasteiger partial charge in [0.25, 0.3) is 0 Å². The van der Waals surface area contributed by atoms with Crippen molar-refractivity contribution in [1.82, 2.24) is 4.68 Å². The maximum atomic E-state index is 10.9. The molecule has 2 N–H and O–H groups in total. The van der Waals surface area contributed by atoms with Crippen molar-refractivity contribution in [2.75, 3.05) is 5.84 Å². The normalized spacial score (nSPS) is 10.0. The van der Waals surface area contributed by atoms with Crippen molar-refractivity contribution in [2.24, 2.45) is 0 Å². The van der Waals surface area contributed by atoms with E-state index in [0.717, 1.165) is 5.69 Å². The third kappa shape index (κ3) is 1.34. The van der Waals surface area contributed by atoms with Crippen LogP contribution in [0.3, 0.4) is 0 Å². The molecule has 0 spiro atoms. The molecular weight excluding hydrogens is 180 g/mol. The molecule has 0 aliphatic carbocycles. The molecule has 60 valence electrons. The van der Waals surface area contributed by atoms with Crippen LogP contribution in [0.4, 0.5) is 0 Å². The summed E-state index contributed by atoms with van der Waals surface area (Å²) in [6.45, 7) is 3.29. The second kappa shape index (κ2) is 2.75. The van der Waals surface area contributed by atoms with Gasteiger partial charge in [-0.05, 0) is 19.1 Å². The molecule has 0 radical (unpaired) electrons. The zero-order chi connectivity index (χ0) is 8.59. The van der Waals surface area contributed by atoms with Crippen LogP contribution in [0.1, 0.15) is 22.3 Å². The number of hydrogen-bond donors (Lipinski definition) is 1. The van der Waals surface area contributed by atoms with Crippen LogP contribution in [-0.2, 0) is 0 Å². The Balaban J connectivity index is 3.42. The smallest absolute Gasteiger partial charge is 0.180 e. The van der Waals surface area contributed by atoms with Gasteiger partial charge in [0.1, 0.15) is 0 Å². The Morgan fingerprint density at radius 3 is 2.45 bits per heavy atom. The van der Waals surface area contributed by atoms with Crippen LogP contribution in [0.15, 0.2) is 0 Å². The molecular formula is C6H8N2OS2. The number of thiazole rings is 1. The van der Waals surface area contributed by atoms with E-state index in [1.54, 1.807) is 6.92 Å². The van der Waals surface area contributed by atoms with E-state index < -0.39 is 0 Å². The summed E-state index contributed by atoms with van der Waals surface area (Å²) in [6.07, 6.45) is 0. The van der Waals surface area contributed by atoms with Crippen LogP contribution in [0.2, 0.25) is 0 Å². The van der Waals surface area contributed by atoms with Crippen molar-refractivity contribution in [2.45, 2.75) is 13.8 Å². The van der Waals surface area contributed by atoms with Gasteiger partial charge in [-0.3, -0.25) is 4.79 Å². The summed E-state index contributed by atoms with van der Waals surface area (Å²) in [5, 5.41) is 0. The molecule has 0 unspecified atom stereocenters. The van der Waals surface area contributed by atoms with Gasteiger partial charge in [0.15, 0.2) is 9.74 Å². The summed E-state index contributed by atoms with van der Waals surface area (Å²) in [4.78, 5) is 11.6. The van der Waals surface area contributed by atoms with Crippen molar-refractivity contribution in [3.05, 3.63) is 14.5 Å². The van der Waals surface area contributed by atoms with Crippen LogP contribution >= 0.6 is 23.6 Å². The van der Waals surface area contributed by atoms with E-state index in [1.807, 2.05) is 0 Å². The van der Waals surface area contributed by atoms with Crippen molar-refractivity contribution >= 4 is 29.3 Å². The van der Waals surface area contributed by atoms with E-state index in [1.165, 1.54) is 22.9 Å². The Kier molecular flexibility index (Phi) is 2.10. The number of ketones is 1. The molecule has 0 amide bonds. The van der Waals surface area contributed by atoms with E-state index in [-0.39, 0.29) is 5.78 Å². The van der Waals surface area contributed by atoms with Gasteiger partial charge in [-0.15, -0.1) is 0 Å². The Morgan fingerprint density at radius 1 is 1.73 bits per heavy atom. The van der Waals surface area contributed by atoms with Crippen molar-refractivity contribution in [1.29, 1.82) is 0 Å². The number of carbonyl (C=O) groups is 1. The third-order valence-corrected chi connectivity index (χ3v) is 3.00. The monoisotopic (exact) mass is 188 g/mol. The fourth-order valence-electron chi connectivity index (χ4n) is 0.783. The number of Topliss-reactive ketones (excluding diaryl/α,β-unsaturated/α-hetero) is 1. The van der Waals surface area contributed by atoms with Gasteiger partial charge in [0.05, 0.1) is 10.6 Å². The van der Waals surface area contributed by atoms with Crippen molar-refractivity contribution in [3.63, 3.8) is 0 Å². The van der Waals surface area contributed by atoms with Crippen LogP contribution in [0, 0.1) is 10.9 Å². The van der Waals surface area contributed by atoms with Gasteiger partial charge in [0.2, 0.25) is 0 Å². The summed E-state index contributed by atoms with van der Waals surface area (Å²) in [5.41, 5.74) is 0.743. The molecule has 0 saturated heterocycles. The zero-order valence-corrected chi connectivity index (χ0v) is 7.88. The van der Waals surface area contributed by atoms with Crippen LogP contribution in [0.25, 0.3) is 0 Å². The number of carbonyl (C=O) groups excluding carboxylic acids is 1. The SMILES string of the molecule is CC(=O)c1sc(=S)n(N)c1C. The Morgan fingerprint density at radius 2 is 2.27 bits per heavy atom. The highest BCUT2D eigenvalue weighted by Crippen LogP contribution is 2.16. The van der Waals surface area contributed by atoms with E-state index in [4.69, 9.17) is 18.1 Å². The number of nitrogens with zero attached hydrogens (tertiary/aromatic N) is 1. The molecule has 0 bridgehead atoms. The molecule has 1 heterocycles. The van der Waals surface area contributed by atoms with Gasteiger partial charge >= 0.3 is 0 Å². The van der Waals surface area contributed by atoms with E-state index in [2.05, 4.69) is 0 Å². The van der Waals surface area contributed by atoms with Gasteiger partial charge < -0.3 is 5.84 Å². The summed E-state index contributed by atoms with van der Waals surface area (Å²) in [6, 6.07) is 0. The van der Waals surface area contributed by atoms with Gasteiger partial charge in [0, 0.05) is 6.92 Å². The minimum absolute atomic E-state index is 0.0165. The molecule has 0 fully saturated rings. The Labute approximate surface area is 73.4 Å². The van der Waals surface area contributed by atoms with Crippen molar-refractivity contribution in [3.8, 4) is 0 Å². The first-order chi connectivity index (χ1) is 5.04. The number of nitrogens with two attached hydrogens (primary N) is 1. The lowest BCUT2D eigenvalue weighted by Crippen LogP contribution is -2.10. The number of nitrogen functional groups attached to an aromatic ring is 1. The summed E-state index contributed by atoms with van der Waals surface area (Å²) in [7, 11) is 0. The van der Waals surface area contributed by atoms with E-state index in [0.29, 0.717) is 8.83 Å². The minimum atomic E-state index is 0.0165. The first kappa shape index (κ1) is 8.42. The summed E-state index contributed by atoms with van der Waals surface area (Å²) >= 11 is 6.14. The Hall–Kier alpha value is -0.680. The van der Waals surface area contributed by atoms with Gasteiger partial charge in [-0.2, -0.15) is 0 Å². The van der Waals surface area contributed by atoms with E-state index >= 15 is 0 Å². The molecule has 1 rings (SSSR count). The third-order valence-electron chi connectivity index (χ3n) is 1.40. The number of hydrogen-bond acceptors (Lipinski definition) is 4. The molecule has 0 aromatic carbocycles. The summed E-state index contributed by atoms with van der Waals surface area (Å²) < 4.78 is 1.89. The minimum Gasteiger partial charge on any atom is -0.337 e. The first-order valence-corrected chi connectivity index (χ1v) is 4.25. The highest BCUT2D eigenvalue weighted by Gasteiger charge is 2.09. The zero-order valence-electron chi connectivity index (χ0n) is 6.25. The molecule has 0 atom stereocenters.